The summed E-state index contributed by atoms with van der Waals surface area (Å²) in [5.41, 5.74) is 0. The summed E-state index contributed by atoms with van der Waals surface area (Å²) in [6.07, 6.45) is -0.995. The number of esters is 1. The Bertz CT molecular complexity index is 111. The van der Waals surface area contributed by atoms with Crippen LogP contribution in [0.2, 0.25) is 0 Å². The second-order valence-corrected chi connectivity index (χ2v) is 2.13. The largest absolute Gasteiger partial charge is 0.467 e. The van der Waals surface area contributed by atoms with Crippen LogP contribution in [-0.2, 0) is 19.0 Å². The number of hydrogen-bond donors (Lipinski definition) is 1. The van der Waals surface area contributed by atoms with Crippen LogP contribution >= 0.6 is 0 Å². The Morgan fingerprint density at radius 2 is 2.00 bits per heavy atom. The van der Waals surface area contributed by atoms with Crippen molar-refractivity contribution in [2.45, 2.75) is 13.0 Å². The first-order valence-electron chi connectivity index (χ1n) is 3.60. The molecule has 12 heavy (non-hydrogen) atoms. The topological polar surface area (TPSA) is 65.0 Å². The monoisotopic (exact) mass is 178 g/mol. The van der Waals surface area contributed by atoms with E-state index in [0.717, 1.165) is 13.2 Å². The molecule has 5 heteroatoms. The Hall–Kier alpha value is -0.650. The zero-order valence-electron chi connectivity index (χ0n) is 7.28. The van der Waals surface area contributed by atoms with Gasteiger partial charge in [-0.05, 0) is 6.92 Å². The molecular weight excluding hydrogens is 164 g/mol. The van der Waals surface area contributed by atoms with E-state index in [9.17, 15) is 4.79 Å². The molecule has 1 unspecified atom stereocenters. The summed E-state index contributed by atoms with van der Waals surface area (Å²) in [5, 5.41) is 8.35. The molecule has 0 aromatic heterocycles. The summed E-state index contributed by atoms with van der Waals surface area (Å²) in [6, 6.07) is 0. The van der Waals surface area contributed by atoms with Gasteiger partial charge in [-0.1, -0.05) is 0 Å². The molecule has 5 nitrogen and oxygen atoms in total. The van der Waals surface area contributed by atoms with Gasteiger partial charge in [0.15, 0.2) is 0 Å². The average Bonchev–Trinajstić information content (AvgIpc) is 2.59. The highest BCUT2D eigenvalue weighted by atomic mass is 16.7. The molecule has 1 aliphatic rings. The van der Waals surface area contributed by atoms with E-state index in [1.807, 2.05) is 0 Å². The van der Waals surface area contributed by atoms with Crippen molar-refractivity contribution >= 4 is 5.97 Å². The van der Waals surface area contributed by atoms with Crippen LogP contribution in [0.1, 0.15) is 6.92 Å². The van der Waals surface area contributed by atoms with Gasteiger partial charge in [-0.3, -0.25) is 0 Å². The normalized spacial score (nSPS) is 17.6. The molecule has 0 spiro atoms. The van der Waals surface area contributed by atoms with Crippen molar-refractivity contribution in [3.05, 3.63) is 0 Å². The van der Waals surface area contributed by atoms with Crippen molar-refractivity contribution in [1.29, 1.82) is 0 Å². The molecule has 0 amide bonds. The van der Waals surface area contributed by atoms with Gasteiger partial charge in [0.2, 0.25) is 0 Å². The van der Waals surface area contributed by atoms with E-state index in [0.29, 0.717) is 6.79 Å². The Kier molecular flexibility index (Phi) is 6.64. The fourth-order valence-electron chi connectivity index (χ4n) is 0.465. The Labute approximate surface area is 71.2 Å². The molecular formula is C7H14O5. The number of rotatable bonds is 1. The summed E-state index contributed by atoms with van der Waals surface area (Å²) in [5.74, 6) is -0.597. The molecule has 0 aromatic rings. The van der Waals surface area contributed by atoms with E-state index in [-0.39, 0.29) is 0 Å². The lowest BCUT2D eigenvalue weighted by atomic mass is 10.4. The van der Waals surface area contributed by atoms with Crippen molar-refractivity contribution in [2.24, 2.45) is 0 Å². The maximum Gasteiger partial charge on any atom is 0.334 e. The molecule has 0 aromatic carbocycles. The summed E-state index contributed by atoms with van der Waals surface area (Å²) < 4.78 is 13.6. The standard InChI is InChI=1S/C4H8O3.C3H6O2/c1-3(5)4(6)7-2;1-2-5-3-4-1/h3,5H,1-2H3;1-3H2. The van der Waals surface area contributed by atoms with E-state index >= 15 is 0 Å². The van der Waals surface area contributed by atoms with Crippen LogP contribution in [0, 0.1) is 0 Å². The first kappa shape index (κ1) is 11.4. The Morgan fingerprint density at radius 3 is 2.08 bits per heavy atom. The predicted molar refractivity (Wildman–Crippen MR) is 40.5 cm³/mol. The zero-order chi connectivity index (χ0) is 9.40. The molecule has 1 atom stereocenters. The lowest BCUT2D eigenvalue weighted by Gasteiger charge is -1.97. The number of hydrogen-bond acceptors (Lipinski definition) is 5. The molecule has 0 radical (unpaired) electrons. The molecule has 1 aliphatic heterocycles. The van der Waals surface area contributed by atoms with Crippen LogP contribution in [0.3, 0.4) is 0 Å². The lowest BCUT2D eigenvalue weighted by molar-refractivity contribution is -0.149. The van der Waals surface area contributed by atoms with E-state index in [4.69, 9.17) is 14.6 Å². The molecule has 0 aliphatic carbocycles. The molecule has 1 fully saturated rings. The van der Waals surface area contributed by atoms with Crippen molar-refractivity contribution in [3.63, 3.8) is 0 Å². The molecule has 1 heterocycles. The lowest BCUT2D eigenvalue weighted by Crippen LogP contribution is -2.16. The third kappa shape index (κ3) is 6.09. The van der Waals surface area contributed by atoms with Gasteiger partial charge in [0, 0.05) is 0 Å². The van der Waals surface area contributed by atoms with Gasteiger partial charge >= 0.3 is 5.97 Å². The van der Waals surface area contributed by atoms with E-state index < -0.39 is 12.1 Å². The summed E-state index contributed by atoms with van der Waals surface area (Å²) in [6.45, 7) is 3.41. The smallest absolute Gasteiger partial charge is 0.334 e. The summed E-state index contributed by atoms with van der Waals surface area (Å²) >= 11 is 0. The highest BCUT2D eigenvalue weighted by molar-refractivity contribution is 5.73. The highest BCUT2D eigenvalue weighted by Gasteiger charge is 2.05. The number of ether oxygens (including phenoxy) is 3. The maximum atomic E-state index is 10.0. The minimum Gasteiger partial charge on any atom is -0.467 e. The molecule has 1 rings (SSSR count). The number of aliphatic hydroxyl groups excluding tert-OH is 1. The molecule has 72 valence electrons. The Balaban J connectivity index is 0.000000211. The highest BCUT2D eigenvalue weighted by Crippen LogP contribution is 1.85. The third-order valence-corrected chi connectivity index (χ3v) is 1.08. The first-order valence-corrected chi connectivity index (χ1v) is 3.60. The van der Waals surface area contributed by atoms with Crippen LogP contribution < -0.4 is 0 Å². The van der Waals surface area contributed by atoms with Crippen molar-refractivity contribution in [1.82, 2.24) is 0 Å². The van der Waals surface area contributed by atoms with Gasteiger partial charge in [0.25, 0.3) is 0 Å². The van der Waals surface area contributed by atoms with Crippen molar-refractivity contribution in [3.8, 4) is 0 Å². The quantitative estimate of drug-likeness (QED) is 0.550. The first-order chi connectivity index (χ1) is 5.68. The maximum absolute atomic E-state index is 10.0. The van der Waals surface area contributed by atoms with Gasteiger partial charge in [0.1, 0.15) is 12.9 Å². The predicted octanol–water partition coefficient (Wildman–Crippen LogP) is -0.469. The van der Waals surface area contributed by atoms with E-state index in [1.165, 1.54) is 14.0 Å². The second-order valence-electron chi connectivity index (χ2n) is 2.13. The molecule has 0 bridgehead atoms. The minimum absolute atomic E-state index is 0.500. The third-order valence-electron chi connectivity index (χ3n) is 1.08. The van der Waals surface area contributed by atoms with Crippen molar-refractivity contribution < 1.29 is 24.1 Å². The average molecular weight is 178 g/mol. The zero-order valence-corrected chi connectivity index (χ0v) is 7.28. The summed E-state index contributed by atoms with van der Waals surface area (Å²) in [4.78, 5) is 10.0. The minimum atomic E-state index is -0.995. The molecule has 1 saturated heterocycles. The fraction of sp³-hybridized carbons (Fsp3) is 0.857. The molecule has 1 N–H and O–H groups in total. The number of carbonyl (C=O) groups is 1. The second kappa shape index (κ2) is 7.02. The van der Waals surface area contributed by atoms with E-state index in [1.54, 1.807) is 0 Å². The SMILES string of the molecule is C1COCO1.COC(=O)C(C)O. The number of methoxy groups -OCH3 is 1. The summed E-state index contributed by atoms with van der Waals surface area (Å²) in [7, 11) is 1.23. The number of carbonyl (C=O) groups excluding carboxylic acids is 1. The van der Waals surface area contributed by atoms with Crippen LogP contribution in [0.5, 0.6) is 0 Å². The van der Waals surface area contributed by atoms with Gasteiger partial charge in [-0.2, -0.15) is 0 Å². The van der Waals surface area contributed by atoms with Crippen LogP contribution in [-0.4, -0.2) is 44.3 Å². The van der Waals surface area contributed by atoms with Crippen LogP contribution in [0.15, 0.2) is 0 Å². The van der Waals surface area contributed by atoms with Gasteiger partial charge in [0.05, 0.1) is 20.3 Å². The number of aliphatic hydroxyl groups is 1. The van der Waals surface area contributed by atoms with Gasteiger partial charge in [-0.25, -0.2) is 4.79 Å². The van der Waals surface area contributed by atoms with Gasteiger partial charge in [-0.15, -0.1) is 0 Å². The van der Waals surface area contributed by atoms with E-state index in [2.05, 4.69) is 4.74 Å². The van der Waals surface area contributed by atoms with Crippen LogP contribution in [0.4, 0.5) is 0 Å². The van der Waals surface area contributed by atoms with Crippen molar-refractivity contribution in [2.75, 3.05) is 27.1 Å². The van der Waals surface area contributed by atoms with Gasteiger partial charge < -0.3 is 19.3 Å². The molecule has 0 saturated carbocycles. The fourth-order valence-corrected chi connectivity index (χ4v) is 0.465. The Morgan fingerprint density at radius 1 is 1.50 bits per heavy atom. The van der Waals surface area contributed by atoms with Crippen LogP contribution in [0.25, 0.3) is 0 Å².